The number of nitrogens with one attached hydrogen (secondary N) is 1. The third kappa shape index (κ3) is 5.38. The van der Waals surface area contributed by atoms with Crippen LogP contribution < -0.4 is 4.72 Å². The summed E-state index contributed by atoms with van der Waals surface area (Å²) in [6, 6.07) is 20.9. The first-order valence-corrected chi connectivity index (χ1v) is 12.9. The summed E-state index contributed by atoms with van der Waals surface area (Å²) in [7, 11) is -3.77. The number of sulfonamides is 1. The van der Waals surface area contributed by atoms with E-state index in [1.54, 1.807) is 13.8 Å². The molecule has 0 unspecified atom stereocenters. The fourth-order valence-corrected chi connectivity index (χ4v) is 5.85. The molecule has 1 amide bonds. The monoisotopic (exact) mass is 482 g/mol. The second-order valence-electron chi connectivity index (χ2n) is 8.44. The average molecular weight is 483 g/mol. The number of nitrogens with zero attached hydrogens (tertiary/aromatic N) is 3. The zero-order chi connectivity index (χ0) is 24.1. The molecule has 0 aliphatic carbocycles. The Hall–Kier alpha value is -3.01. The number of piperazine rings is 1. The number of rotatable bonds is 8. The van der Waals surface area contributed by atoms with E-state index < -0.39 is 10.0 Å². The second kappa shape index (κ2) is 10.5. The van der Waals surface area contributed by atoms with Crippen LogP contribution in [-0.2, 0) is 14.8 Å². The van der Waals surface area contributed by atoms with Crippen LogP contribution in [0.5, 0.6) is 0 Å². The van der Waals surface area contributed by atoms with E-state index in [0.717, 1.165) is 13.1 Å². The molecule has 1 aliphatic rings. The van der Waals surface area contributed by atoms with E-state index in [9.17, 15) is 13.2 Å². The Balaban J connectivity index is 1.34. The standard InChI is InChI=1S/C25H30N4O4S/c1-19-25(20(2)33-27-19)34(31,32)26-14-13-23(30)28-15-17-29(18-16-28)24(21-9-5-3-6-10-21)22-11-7-4-8-12-22/h3-12,24,26H,13-18H2,1-2H3. The Morgan fingerprint density at radius 3 is 2.03 bits per heavy atom. The third-order valence-electron chi connectivity index (χ3n) is 6.13. The van der Waals surface area contributed by atoms with Crippen molar-refractivity contribution in [1.29, 1.82) is 0 Å². The lowest BCUT2D eigenvalue weighted by molar-refractivity contribution is -0.133. The van der Waals surface area contributed by atoms with Crippen molar-refractivity contribution in [2.24, 2.45) is 0 Å². The number of carbonyl (C=O) groups is 1. The predicted molar refractivity (Wildman–Crippen MR) is 129 cm³/mol. The predicted octanol–water partition coefficient (Wildman–Crippen LogP) is 2.89. The number of carbonyl (C=O) groups excluding carboxylic acids is 1. The molecule has 2 aromatic carbocycles. The Morgan fingerprint density at radius 2 is 1.53 bits per heavy atom. The highest BCUT2D eigenvalue weighted by molar-refractivity contribution is 7.89. The lowest BCUT2D eigenvalue weighted by Crippen LogP contribution is -2.50. The number of hydrogen-bond donors (Lipinski definition) is 1. The highest BCUT2D eigenvalue weighted by atomic mass is 32.2. The van der Waals surface area contributed by atoms with Crippen molar-refractivity contribution in [3.05, 3.63) is 83.2 Å². The van der Waals surface area contributed by atoms with Gasteiger partial charge in [0.1, 0.15) is 10.6 Å². The molecule has 1 aliphatic heterocycles. The van der Waals surface area contributed by atoms with E-state index >= 15 is 0 Å². The van der Waals surface area contributed by atoms with Gasteiger partial charge in [-0.05, 0) is 25.0 Å². The van der Waals surface area contributed by atoms with E-state index in [-0.39, 0.29) is 35.6 Å². The minimum absolute atomic E-state index is 0.0299. The summed E-state index contributed by atoms with van der Waals surface area (Å²) in [4.78, 5) is 17.0. The molecule has 8 nitrogen and oxygen atoms in total. The van der Waals surface area contributed by atoms with E-state index in [0.29, 0.717) is 18.8 Å². The van der Waals surface area contributed by atoms with Gasteiger partial charge in [0.15, 0.2) is 5.76 Å². The molecule has 4 rings (SSSR count). The van der Waals surface area contributed by atoms with Crippen LogP contribution in [0.1, 0.15) is 35.0 Å². The van der Waals surface area contributed by atoms with E-state index in [1.807, 2.05) is 17.0 Å². The van der Waals surface area contributed by atoms with Crippen molar-refractivity contribution in [1.82, 2.24) is 19.7 Å². The van der Waals surface area contributed by atoms with Crippen LogP contribution in [0.3, 0.4) is 0 Å². The molecule has 0 atom stereocenters. The molecular formula is C25H30N4O4S. The normalized spacial score (nSPS) is 15.1. The maximum atomic E-state index is 12.8. The molecule has 9 heteroatoms. The minimum Gasteiger partial charge on any atom is -0.360 e. The molecule has 3 aromatic rings. The lowest BCUT2D eigenvalue weighted by Gasteiger charge is -2.39. The van der Waals surface area contributed by atoms with Gasteiger partial charge < -0.3 is 9.42 Å². The van der Waals surface area contributed by atoms with Gasteiger partial charge in [0.25, 0.3) is 0 Å². The van der Waals surface area contributed by atoms with Gasteiger partial charge in [0.05, 0.1) is 6.04 Å². The number of amides is 1. The maximum absolute atomic E-state index is 12.8. The van der Waals surface area contributed by atoms with E-state index in [4.69, 9.17) is 4.52 Å². The van der Waals surface area contributed by atoms with Crippen LogP contribution in [0, 0.1) is 13.8 Å². The molecule has 1 aromatic heterocycles. The summed E-state index contributed by atoms with van der Waals surface area (Å²) in [5, 5.41) is 3.69. The van der Waals surface area contributed by atoms with E-state index in [1.165, 1.54) is 11.1 Å². The summed E-state index contributed by atoms with van der Waals surface area (Å²) >= 11 is 0. The first-order chi connectivity index (χ1) is 16.4. The molecule has 0 bridgehead atoms. The molecule has 0 saturated carbocycles. The van der Waals surface area contributed by atoms with Crippen molar-refractivity contribution in [3.63, 3.8) is 0 Å². The van der Waals surface area contributed by atoms with Gasteiger partial charge >= 0.3 is 0 Å². The van der Waals surface area contributed by atoms with Crippen LogP contribution >= 0.6 is 0 Å². The highest BCUT2D eigenvalue weighted by Crippen LogP contribution is 2.29. The van der Waals surface area contributed by atoms with Crippen LogP contribution in [-0.4, -0.2) is 62.0 Å². The zero-order valence-electron chi connectivity index (χ0n) is 19.5. The molecule has 1 fully saturated rings. The van der Waals surface area contributed by atoms with Gasteiger partial charge in [0, 0.05) is 39.1 Å². The van der Waals surface area contributed by atoms with Crippen molar-refractivity contribution in [2.45, 2.75) is 31.2 Å². The molecule has 0 spiro atoms. The summed E-state index contributed by atoms with van der Waals surface area (Å²) in [6.45, 7) is 5.85. The highest BCUT2D eigenvalue weighted by Gasteiger charge is 2.29. The molecule has 1 saturated heterocycles. The van der Waals surface area contributed by atoms with Crippen LogP contribution in [0.15, 0.2) is 70.1 Å². The lowest BCUT2D eigenvalue weighted by atomic mass is 9.96. The smallest absolute Gasteiger partial charge is 0.245 e. The molecule has 2 heterocycles. The number of hydrogen-bond acceptors (Lipinski definition) is 6. The maximum Gasteiger partial charge on any atom is 0.245 e. The zero-order valence-corrected chi connectivity index (χ0v) is 20.3. The van der Waals surface area contributed by atoms with Crippen molar-refractivity contribution in [3.8, 4) is 0 Å². The van der Waals surface area contributed by atoms with Gasteiger partial charge in [-0.3, -0.25) is 9.69 Å². The van der Waals surface area contributed by atoms with Gasteiger partial charge in [0.2, 0.25) is 15.9 Å². The van der Waals surface area contributed by atoms with E-state index in [2.05, 4.69) is 63.3 Å². The Labute approximate surface area is 200 Å². The van der Waals surface area contributed by atoms with Gasteiger partial charge in [-0.15, -0.1) is 0 Å². The quantitative estimate of drug-likeness (QED) is 0.530. The minimum atomic E-state index is -3.77. The fraction of sp³-hybridized carbons (Fsp3) is 0.360. The summed E-state index contributed by atoms with van der Waals surface area (Å²) in [6.07, 6.45) is 0.101. The molecular weight excluding hydrogens is 452 g/mol. The van der Waals surface area contributed by atoms with Crippen molar-refractivity contribution >= 4 is 15.9 Å². The van der Waals surface area contributed by atoms with Crippen LogP contribution in [0.4, 0.5) is 0 Å². The SMILES string of the molecule is Cc1noc(C)c1S(=O)(=O)NCCC(=O)N1CCN(C(c2ccccc2)c2ccccc2)CC1. The number of aromatic nitrogens is 1. The van der Waals surface area contributed by atoms with Gasteiger partial charge in [-0.25, -0.2) is 13.1 Å². The summed E-state index contributed by atoms with van der Waals surface area (Å²) < 4.78 is 32.5. The largest absolute Gasteiger partial charge is 0.360 e. The van der Waals surface area contributed by atoms with Gasteiger partial charge in [-0.2, -0.15) is 0 Å². The topological polar surface area (TPSA) is 95.8 Å². The number of aryl methyl sites for hydroxylation is 2. The summed E-state index contributed by atoms with van der Waals surface area (Å²) in [5.74, 6) is 0.177. The Morgan fingerprint density at radius 1 is 0.971 bits per heavy atom. The first-order valence-electron chi connectivity index (χ1n) is 11.4. The summed E-state index contributed by atoms with van der Waals surface area (Å²) in [5.41, 5.74) is 2.75. The first kappa shape index (κ1) is 24.1. The molecule has 180 valence electrons. The van der Waals surface area contributed by atoms with Crippen molar-refractivity contribution in [2.75, 3.05) is 32.7 Å². The Kier molecular flexibility index (Phi) is 7.45. The Bertz CT molecular complexity index is 1150. The van der Waals surface area contributed by atoms with Gasteiger partial charge in [-0.1, -0.05) is 65.8 Å². The molecule has 1 N–H and O–H groups in total. The third-order valence-corrected chi connectivity index (χ3v) is 7.83. The molecule has 34 heavy (non-hydrogen) atoms. The molecule has 0 radical (unpaired) electrons. The fourth-order valence-electron chi connectivity index (χ4n) is 4.50. The number of benzene rings is 2. The van der Waals surface area contributed by atoms with Crippen LogP contribution in [0.2, 0.25) is 0 Å². The second-order valence-corrected chi connectivity index (χ2v) is 10.1. The van der Waals surface area contributed by atoms with Crippen molar-refractivity contribution < 1.29 is 17.7 Å². The van der Waals surface area contributed by atoms with Crippen LogP contribution in [0.25, 0.3) is 0 Å². The average Bonchev–Trinajstić information content (AvgIpc) is 3.19.